The number of hydrogen-bond acceptors (Lipinski definition) is 6. The molecule has 0 aliphatic carbocycles. The molecule has 0 bridgehead atoms. The number of piperidine rings is 1. The second-order valence-corrected chi connectivity index (χ2v) is 9.34. The predicted octanol–water partition coefficient (Wildman–Crippen LogP) is 2.86. The standard InChI is InChI=1S/C18H20N4O2S2/c19-26(23,24)11-13-6-8-22(9-7-13)17-15-10-16(14-4-2-1-3-5-14)25-18(15)21-12-20-17/h1-5,10,12-13H,6-9,11H2,(H2,19,23,24). The molecule has 0 saturated carbocycles. The molecule has 0 spiro atoms. The molecule has 1 saturated heterocycles. The molecule has 1 aliphatic heterocycles. The number of primary sulfonamides is 1. The molecule has 0 unspecified atom stereocenters. The van der Waals surface area contributed by atoms with Crippen molar-refractivity contribution in [2.45, 2.75) is 12.8 Å². The molecule has 136 valence electrons. The van der Waals surface area contributed by atoms with Crippen LogP contribution >= 0.6 is 11.3 Å². The van der Waals surface area contributed by atoms with Gasteiger partial charge in [0.05, 0.1) is 11.1 Å². The van der Waals surface area contributed by atoms with Crippen molar-refractivity contribution in [3.8, 4) is 10.4 Å². The molecule has 4 rings (SSSR count). The Morgan fingerprint density at radius 2 is 1.88 bits per heavy atom. The van der Waals surface area contributed by atoms with Crippen LogP contribution in [-0.2, 0) is 10.0 Å². The minimum atomic E-state index is -3.41. The van der Waals surface area contributed by atoms with Crippen molar-refractivity contribution in [2.75, 3.05) is 23.7 Å². The average molecular weight is 389 g/mol. The van der Waals surface area contributed by atoms with Crippen molar-refractivity contribution in [1.82, 2.24) is 9.97 Å². The van der Waals surface area contributed by atoms with Gasteiger partial charge < -0.3 is 4.90 Å². The third kappa shape index (κ3) is 3.72. The summed E-state index contributed by atoms with van der Waals surface area (Å²) >= 11 is 1.66. The Balaban J connectivity index is 1.59. The van der Waals surface area contributed by atoms with Crippen LogP contribution in [0.25, 0.3) is 20.7 Å². The first kappa shape index (κ1) is 17.4. The smallest absolute Gasteiger partial charge is 0.209 e. The average Bonchev–Trinajstić information content (AvgIpc) is 3.06. The first-order valence-electron chi connectivity index (χ1n) is 8.55. The molecule has 0 amide bonds. The summed E-state index contributed by atoms with van der Waals surface area (Å²) < 4.78 is 22.6. The van der Waals surface area contributed by atoms with Crippen molar-refractivity contribution in [2.24, 2.45) is 11.1 Å². The van der Waals surface area contributed by atoms with E-state index in [9.17, 15) is 8.42 Å². The number of nitrogens with zero attached hydrogens (tertiary/aromatic N) is 3. The van der Waals surface area contributed by atoms with E-state index in [2.05, 4.69) is 33.1 Å². The summed E-state index contributed by atoms with van der Waals surface area (Å²) in [5.41, 5.74) is 1.17. The van der Waals surface area contributed by atoms with Crippen molar-refractivity contribution in [1.29, 1.82) is 0 Å². The van der Waals surface area contributed by atoms with Crippen LogP contribution in [0, 0.1) is 5.92 Å². The van der Waals surface area contributed by atoms with Gasteiger partial charge in [-0.25, -0.2) is 23.5 Å². The molecule has 0 radical (unpaired) electrons. The van der Waals surface area contributed by atoms with Crippen LogP contribution in [0.3, 0.4) is 0 Å². The SMILES string of the molecule is NS(=O)(=O)CC1CCN(c2ncnc3sc(-c4ccccc4)cc23)CC1. The highest BCUT2D eigenvalue weighted by Crippen LogP contribution is 2.37. The number of anilines is 1. The van der Waals surface area contributed by atoms with Gasteiger partial charge >= 0.3 is 0 Å². The second-order valence-electron chi connectivity index (χ2n) is 6.65. The molecule has 26 heavy (non-hydrogen) atoms. The van der Waals surface area contributed by atoms with Crippen LogP contribution < -0.4 is 10.0 Å². The summed E-state index contributed by atoms with van der Waals surface area (Å²) in [5, 5.41) is 6.24. The summed E-state index contributed by atoms with van der Waals surface area (Å²) in [6, 6.07) is 12.4. The number of thiophene rings is 1. The van der Waals surface area contributed by atoms with Crippen LogP contribution in [0.2, 0.25) is 0 Å². The van der Waals surface area contributed by atoms with Gasteiger partial charge in [0, 0.05) is 18.0 Å². The molecule has 3 aromatic rings. The number of sulfonamides is 1. The lowest BCUT2D eigenvalue weighted by molar-refractivity contribution is 0.434. The predicted molar refractivity (Wildman–Crippen MR) is 106 cm³/mol. The summed E-state index contributed by atoms with van der Waals surface area (Å²) in [4.78, 5) is 13.3. The van der Waals surface area contributed by atoms with Crippen molar-refractivity contribution in [3.63, 3.8) is 0 Å². The topological polar surface area (TPSA) is 89.2 Å². The molecule has 2 aromatic heterocycles. The molecule has 1 aromatic carbocycles. The molecular weight excluding hydrogens is 368 g/mol. The van der Waals surface area contributed by atoms with Crippen molar-refractivity contribution in [3.05, 3.63) is 42.7 Å². The number of fused-ring (bicyclic) bond motifs is 1. The highest BCUT2D eigenvalue weighted by atomic mass is 32.2. The number of aromatic nitrogens is 2. The summed E-state index contributed by atoms with van der Waals surface area (Å²) in [6.45, 7) is 1.56. The van der Waals surface area contributed by atoms with Crippen LogP contribution in [0.5, 0.6) is 0 Å². The van der Waals surface area contributed by atoms with E-state index in [-0.39, 0.29) is 11.7 Å². The van der Waals surface area contributed by atoms with Gasteiger partial charge in [0.2, 0.25) is 10.0 Å². The van der Waals surface area contributed by atoms with Gasteiger partial charge in [-0.3, -0.25) is 0 Å². The van der Waals surface area contributed by atoms with Crippen molar-refractivity contribution < 1.29 is 8.42 Å². The van der Waals surface area contributed by atoms with E-state index >= 15 is 0 Å². The highest BCUT2D eigenvalue weighted by molar-refractivity contribution is 7.89. The van der Waals surface area contributed by atoms with Gasteiger partial charge in [0.25, 0.3) is 0 Å². The van der Waals surface area contributed by atoms with Crippen LogP contribution in [0.15, 0.2) is 42.7 Å². The zero-order valence-electron chi connectivity index (χ0n) is 14.2. The Kier molecular flexibility index (Phi) is 4.64. The van der Waals surface area contributed by atoms with Gasteiger partial charge in [-0.05, 0) is 30.4 Å². The lowest BCUT2D eigenvalue weighted by atomic mass is 9.99. The normalized spacial score (nSPS) is 16.3. The quantitative estimate of drug-likeness (QED) is 0.742. The second kappa shape index (κ2) is 6.94. The minimum Gasteiger partial charge on any atom is -0.356 e. The van der Waals surface area contributed by atoms with Gasteiger partial charge in [0.1, 0.15) is 17.0 Å². The van der Waals surface area contributed by atoms with E-state index in [0.29, 0.717) is 0 Å². The number of rotatable bonds is 4. The van der Waals surface area contributed by atoms with Gasteiger partial charge in [-0.2, -0.15) is 0 Å². The van der Waals surface area contributed by atoms with Gasteiger partial charge in [0.15, 0.2) is 0 Å². The third-order valence-corrected chi connectivity index (χ3v) is 6.78. The monoisotopic (exact) mass is 388 g/mol. The van der Waals surface area contributed by atoms with Crippen LogP contribution in [0.4, 0.5) is 5.82 Å². The molecule has 1 aliphatic rings. The molecule has 8 heteroatoms. The zero-order valence-corrected chi connectivity index (χ0v) is 15.8. The van der Waals surface area contributed by atoms with E-state index < -0.39 is 10.0 Å². The lowest BCUT2D eigenvalue weighted by Crippen LogP contribution is -2.37. The summed E-state index contributed by atoms with van der Waals surface area (Å²) in [7, 11) is -3.41. The fraction of sp³-hybridized carbons (Fsp3) is 0.333. The maximum Gasteiger partial charge on any atom is 0.209 e. The van der Waals surface area contributed by atoms with Gasteiger partial charge in [-0.15, -0.1) is 11.3 Å². The number of nitrogens with two attached hydrogens (primary N) is 1. The lowest BCUT2D eigenvalue weighted by Gasteiger charge is -2.32. The first-order valence-corrected chi connectivity index (χ1v) is 11.1. The summed E-state index contributed by atoms with van der Waals surface area (Å²) in [5.74, 6) is 1.12. The highest BCUT2D eigenvalue weighted by Gasteiger charge is 2.25. The molecule has 3 heterocycles. The Morgan fingerprint density at radius 1 is 1.15 bits per heavy atom. The maximum atomic E-state index is 11.3. The van der Waals surface area contributed by atoms with E-state index in [1.54, 1.807) is 17.7 Å². The number of hydrogen-bond donors (Lipinski definition) is 1. The third-order valence-electron chi connectivity index (χ3n) is 4.75. The molecular formula is C18H20N4O2S2. The van der Waals surface area contributed by atoms with E-state index in [0.717, 1.165) is 42.0 Å². The Bertz CT molecular complexity index is 1010. The Labute approximate surface area is 156 Å². The van der Waals surface area contributed by atoms with Crippen LogP contribution in [0.1, 0.15) is 12.8 Å². The van der Waals surface area contributed by atoms with Gasteiger partial charge in [-0.1, -0.05) is 30.3 Å². The van der Waals surface area contributed by atoms with E-state index in [1.165, 1.54) is 10.4 Å². The zero-order chi connectivity index (χ0) is 18.1. The van der Waals surface area contributed by atoms with E-state index in [1.807, 2.05) is 18.2 Å². The molecule has 0 atom stereocenters. The fourth-order valence-corrected chi connectivity index (χ4v) is 5.47. The maximum absolute atomic E-state index is 11.3. The first-order chi connectivity index (χ1) is 12.5. The Hall–Kier alpha value is -2.03. The number of benzene rings is 1. The van der Waals surface area contributed by atoms with E-state index in [4.69, 9.17) is 5.14 Å². The molecule has 2 N–H and O–H groups in total. The fourth-order valence-electron chi connectivity index (χ4n) is 3.48. The summed E-state index contributed by atoms with van der Waals surface area (Å²) in [6.07, 6.45) is 3.22. The molecule has 6 nitrogen and oxygen atoms in total. The van der Waals surface area contributed by atoms with Crippen LogP contribution in [-0.4, -0.2) is 37.2 Å². The van der Waals surface area contributed by atoms with Crippen molar-refractivity contribution >= 4 is 37.4 Å². The Morgan fingerprint density at radius 3 is 2.58 bits per heavy atom. The minimum absolute atomic E-state index is 0.0661. The largest absolute Gasteiger partial charge is 0.356 e. The molecule has 1 fully saturated rings.